The third kappa shape index (κ3) is 2.53. The maximum Gasteiger partial charge on any atom is 0.164 e. The summed E-state index contributed by atoms with van der Waals surface area (Å²) in [5.41, 5.74) is 7.53. The zero-order valence-corrected chi connectivity index (χ0v) is 10.8. The summed E-state index contributed by atoms with van der Waals surface area (Å²) in [7, 11) is 5.77. The third-order valence-corrected chi connectivity index (χ3v) is 2.68. The predicted octanol–water partition coefficient (Wildman–Crippen LogP) is 1.04. The predicted molar refractivity (Wildman–Crippen MR) is 70.5 cm³/mol. The number of rotatable bonds is 4. The molecule has 0 saturated heterocycles. The summed E-state index contributed by atoms with van der Waals surface area (Å²) < 4.78 is 7.35. The van der Waals surface area contributed by atoms with Crippen molar-refractivity contribution in [2.75, 3.05) is 24.7 Å². The van der Waals surface area contributed by atoms with Gasteiger partial charge in [0.05, 0.1) is 5.69 Å². The van der Waals surface area contributed by atoms with Crippen LogP contribution in [0.15, 0.2) is 24.5 Å². The lowest BCUT2D eigenvalue weighted by Crippen LogP contribution is -2.10. The van der Waals surface area contributed by atoms with E-state index in [1.807, 2.05) is 44.2 Å². The summed E-state index contributed by atoms with van der Waals surface area (Å²) in [5.74, 6) is 1.41. The van der Waals surface area contributed by atoms with Crippen LogP contribution in [0.3, 0.4) is 0 Å². The number of nitrogens with zero attached hydrogens (tertiary/aromatic N) is 4. The van der Waals surface area contributed by atoms with E-state index in [4.69, 9.17) is 10.5 Å². The summed E-state index contributed by atoms with van der Waals surface area (Å²) >= 11 is 0. The van der Waals surface area contributed by atoms with Crippen molar-refractivity contribution in [2.24, 2.45) is 7.05 Å². The van der Waals surface area contributed by atoms with Crippen molar-refractivity contribution in [3.8, 4) is 5.75 Å². The molecule has 6 nitrogen and oxygen atoms in total. The molecule has 0 amide bonds. The van der Waals surface area contributed by atoms with E-state index >= 15 is 0 Å². The molecule has 2 N–H and O–H groups in total. The highest BCUT2D eigenvalue weighted by Crippen LogP contribution is 2.27. The molecule has 6 heteroatoms. The Hall–Kier alpha value is -2.24. The molecule has 0 fully saturated rings. The van der Waals surface area contributed by atoms with Crippen molar-refractivity contribution >= 4 is 11.4 Å². The Bertz CT molecular complexity index is 535. The van der Waals surface area contributed by atoms with Gasteiger partial charge in [0.15, 0.2) is 5.82 Å². The number of ether oxygens (including phenoxy) is 1. The second kappa shape index (κ2) is 4.95. The van der Waals surface area contributed by atoms with Gasteiger partial charge in [-0.3, -0.25) is 4.68 Å². The van der Waals surface area contributed by atoms with Gasteiger partial charge in [-0.15, -0.1) is 0 Å². The smallest absolute Gasteiger partial charge is 0.164 e. The van der Waals surface area contributed by atoms with E-state index in [0.717, 1.165) is 11.5 Å². The molecule has 0 atom stereocenters. The maximum atomic E-state index is 5.88. The Labute approximate surface area is 106 Å². The molecule has 0 spiro atoms. The van der Waals surface area contributed by atoms with Crippen molar-refractivity contribution in [3.05, 3.63) is 30.4 Å². The van der Waals surface area contributed by atoms with Crippen LogP contribution >= 0.6 is 0 Å². The molecule has 0 aliphatic carbocycles. The second-order valence-electron chi connectivity index (χ2n) is 4.21. The molecule has 0 bridgehead atoms. The minimum atomic E-state index is 0.345. The van der Waals surface area contributed by atoms with Crippen LogP contribution < -0.4 is 15.4 Å². The number of aryl methyl sites for hydroxylation is 1. The van der Waals surface area contributed by atoms with Gasteiger partial charge in [0, 0.05) is 32.9 Å². The van der Waals surface area contributed by atoms with Crippen LogP contribution in [0.5, 0.6) is 5.75 Å². The summed E-state index contributed by atoms with van der Waals surface area (Å²) in [6.45, 7) is 0.345. The molecular weight excluding hydrogens is 230 g/mol. The largest absolute Gasteiger partial charge is 0.483 e. The van der Waals surface area contributed by atoms with Crippen LogP contribution in [0.1, 0.15) is 5.82 Å². The van der Waals surface area contributed by atoms with Gasteiger partial charge < -0.3 is 15.4 Å². The Balaban J connectivity index is 2.13. The SMILES string of the molecule is CN(C)c1ccc(N)c(OCc2ncnn2C)c1. The Morgan fingerprint density at radius 3 is 2.78 bits per heavy atom. The van der Waals surface area contributed by atoms with Crippen LogP contribution in [0.2, 0.25) is 0 Å². The highest BCUT2D eigenvalue weighted by atomic mass is 16.5. The third-order valence-electron chi connectivity index (χ3n) is 2.68. The number of hydrogen-bond donors (Lipinski definition) is 1. The number of anilines is 2. The lowest BCUT2D eigenvalue weighted by molar-refractivity contribution is 0.291. The Morgan fingerprint density at radius 2 is 2.17 bits per heavy atom. The van der Waals surface area contributed by atoms with Gasteiger partial charge in [0.2, 0.25) is 0 Å². The molecular formula is C12H17N5O. The van der Waals surface area contributed by atoms with E-state index in [9.17, 15) is 0 Å². The fourth-order valence-corrected chi connectivity index (χ4v) is 1.52. The van der Waals surface area contributed by atoms with Crippen molar-refractivity contribution in [1.29, 1.82) is 0 Å². The number of benzene rings is 1. The molecule has 0 radical (unpaired) electrons. The fourth-order valence-electron chi connectivity index (χ4n) is 1.52. The highest BCUT2D eigenvalue weighted by Gasteiger charge is 2.06. The van der Waals surface area contributed by atoms with E-state index in [1.54, 1.807) is 4.68 Å². The van der Waals surface area contributed by atoms with Gasteiger partial charge in [-0.05, 0) is 12.1 Å². The van der Waals surface area contributed by atoms with Gasteiger partial charge in [0.25, 0.3) is 0 Å². The molecule has 0 unspecified atom stereocenters. The average Bonchev–Trinajstić information content (AvgIpc) is 2.73. The monoisotopic (exact) mass is 247 g/mol. The van der Waals surface area contributed by atoms with Crippen LogP contribution in [-0.4, -0.2) is 28.9 Å². The van der Waals surface area contributed by atoms with Crippen molar-refractivity contribution in [3.63, 3.8) is 0 Å². The van der Waals surface area contributed by atoms with Crippen LogP contribution in [-0.2, 0) is 13.7 Å². The van der Waals surface area contributed by atoms with Crippen LogP contribution in [0, 0.1) is 0 Å². The molecule has 2 aromatic rings. The summed E-state index contributed by atoms with van der Waals surface area (Å²) in [6, 6.07) is 5.69. The maximum absolute atomic E-state index is 5.88. The standard InChI is InChI=1S/C12H17N5O/c1-16(2)9-4-5-10(13)11(6-9)18-7-12-14-8-15-17(12)3/h4-6,8H,7,13H2,1-3H3. The first kappa shape index (κ1) is 12.2. The lowest BCUT2D eigenvalue weighted by atomic mass is 10.2. The zero-order chi connectivity index (χ0) is 13.1. The van der Waals surface area contributed by atoms with Gasteiger partial charge in [-0.2, -0.15) is 5.10 Å². The average molecular weight is 247 g/mol. The van der Waals surface area contributed by atoms with Crippen molar-refractivity contribution in [2.45, 2.75) is 6.61 Å². The summed E-state index contributed by atoms with van der Waals surface area (Å²) in [6.07, 6.45) is 1.50. The quantitative estimate of drug-likeness (QED) is 0.818. The summed E-state index contributed by atoms with van der Waals surface area (Å²) in [5, 5.41) is 3.98. The van der Waals surface area contributed by atoms with E-state index in [0.29, 0.717) is 18.0 Å². The molecule has 0 saturated carbocycles. The molecule has 1 aromatic carbocycles. The summed E-state index contributed by atoms with van der Waals surface area (Å²) in [4.78, 5) is 6.09. The topological polar surface area (TPSA) is 69.2 Å². The normalized spacial score (nSPS) is 10.4. The molecule has 0 aliphatic heterocycles. The molecule has 1 heterocycles. The van der Waals surface area contributed by atoms with E-state index in [-0.39, 0.29) is 0 Å². The van der Waals surface area contributed by atoms with Gasteiger partial charge >= 0.3 is 0 Å². The molecule has 18 heavy (non-hydrogen) atoms. The zero-order valence-electron chi connectivity index (χ0n) is 10.8. The van der Waals surface area contributed by atoms with Crippen molar-refractivity contribution < 1.29 is 4.74 Å². The minimum absolute atomic E-state index is 0.345. The van der Waals surface area contributed by atoms with E-state index in [1.165, 1.54) is 6.33 Å². The highest BCUT2D eigenvalue weighted by molar-refractivity contribution is 5.61. The molecule has 2 rings (SSSR count). The molecule has 0 aliphatic rings. The van der Waals surface area contributed by atoms with Crippen molar-refractivity contribution in [1.82, 2.24) is 14.8 Å². The molecule has 1 aromatic heterocycles. The van der Waals surface area contributed by atoms with Gasteiger partial charge in [-0.1, -0.05) is 0 Å². The first-order chi connectivity index (χ1) is 8.58. The Kier molecular flexibility index (Phi) is 3.36. The minimum Gasteiger partial charge on any atom is -0.483 e. The Morgan fingerprint density at radius 1 is 1.39 bits per heavy atom. The van der Waals surface area contributed by atoms with Gasteiger partial charge in [-0.25, -0.2) is 4.98 Å². The number of nitrogen functional groups attached to an aromatic ring is 1. The second-order valence-corrected chi connectivity index (χ2v) is 4.21. The fraction of sp³-hybridized carbons (Fsp3) is 0.333. The number of hydrogen-bond acceptors (Lipinski definition) is 5. The first-order valence-corrected chi connectivity index (χ1v) is 5.60. The van der Waals surface area contributed by atoms with Gasteiger partial charge in [0.1, 0.15) is 18.7 Å². The van der Waals surface area contributed by atoms with Crippen LogP contribution in [0.4, 0.5) is 11.4 Å². The number of aromatic nitrogens is 3. The molecule has 96 valence electrons. The first-order valence-electron chi connectivity index (χ1n) is 5.60. The van der Waals surface area contributed by atoms with E-state index in [2.05, 4.69) is 10.1 Å². The lowest BCUT2D eigenvalue weighted by Gasteiger charge is -2.15. The van der Waals surface area contributed by atoms with E-state index < -0.39 is 0 Å². The number of nitrogens with two attached hydrogens (primary N) is 1. The van der Waals surface area contributed by atoms with Crippen LogP contribution in [0.25, 0.3) is 0 Å².